The summed E-state index contributed by atoms with van der Waals surface area (Å²) in [4.78, 5) is 23.0. The lowest BCUT2D eigenvalue weighted by molar-refractivity contribution is 0.00461. The molecule has 0 unspecified atom stereocenters. The van der Waals surface area contributed by atoms with E-state index in [1.54, 1.807) is 12.4 Å². The van der Waals surface area contributed by atoms with Gasteiger partial charge in [0.1, 0.15) is 5.60 Å². The minimum absolute atomic E-state index is 0.126. The van der Waals surface area contributed by atoms with E-state index >= 15 is 0 Å². The van der Waals surface area contributed by atoms with Crippen molar-refractivity contribution in [2.75, 3.05) is 18.4 Å². The molecule has 1 amide bonds. The highest BCUT2D eigenvalue weighted by Gasteiger charge is 2.49. The first-order valence-corrected chi connectivity index (χ1v) is 8.79. The van der Waals surface area contributed by atoms with E-state index in [2.05, 4.69) is 15.3 Å². The number of hydrogen-bond donors (Lipinski definition) is 1. The smallest absolute Gasteiger partial charge is 0.410 e. The molecule has 1 aliphatic carbocycles. The Morgan fingerprint density at radius 2 is 2.00 bits per heavy atom. The van der Waals surface area contributed by atoms with Gasteiger partial charge in [0.25, 0.3) is 0 Å². The monoisotopic (exact) mass is 332 g/mol. The number of aryl methyl sites for hydroxylation is 1. The molecule has 1 atom stereocenters. The summed E-state index contributed by atoms with van der Waals surface area (Å²) in [5, 5.41) is 3.28. The predicted molar refractivity (Wildman–Crippen MR) is 92.9 cm³/mol. The molecule has 1 aromatic heterocycles. The van der Waals surface area contributed by atoms with Crippen LogP contribution in [-0.4, -0.2) is 45.7 Å². The summed E-state index contributed by atoms with van der Waals surface area (Å²) in [6, 6.07) is 0.126. The molecule has 24 heavy (non-hydrogen) atoms. The number of rotatable bonds is 3. The van der Waals surface area contributed by atoms with Gasteiger partial charge in [-0.1, -0.05) is 0 Å². The van der Waals surface area contributed by atoms with Crippen molar-refractivity contribution < 1.29 is 9.53 Å². The van der Waals surface area contributed by atoms with Crippen molar-refractivity contribution in [1.29, 1.82) is 0 Å². The Kier molecular flexibility index (Phi) is 4.40. The molecule has 6 nitrogen and oxygen atoms in total. The summed E-state index contributed by atoms with van der Waals surface area (Å²) < 4.78 is 5.59. The third kappa shape index (κ3) is 4.16. The Labute approximate surface area is 144 Å². The number of ether oxygens (including phenoxy) is 1. The number of nitrogens with zero attached hydrogens (tertiary/aromatic N) is 3. The van der Waals surface area contributed by atoms with Crippen molar-refractivity contribution >= 4 is 12.0 Å². The second-order valence-corrected chi connectivity index (χ2v) is 8.25. The van der Waals surface area contributed by atoms with Crippen molar-refractivity contribution in [2.45, 2.75) is 65.0 Å². The van der Waals surface area contributed by atoms with Crippen molar-refractivity contribution in [2.24, 2.45) is 5.41 Å². The first-order valence-electron chi connectivity index (χ1n) is 8.79. The summed E-state index contributed by atoms with van der Waals surface area (Å²) in [5.41, 5.74) is 1.02. The van der Waals surface area contributed by atoms with E-state index in [0.29, 0.717) is 17.9 Å². The number of carbonyl (C=O) groups is 1. The normalized spacial score (nSPS) is 22.3. The highest BCUT2D eigenvalue weighted by atomic mass is 16.6. The van der Waals surface area contributed by atoms with Crippen LogP contribution in [0.5, 0.6) is 0 Å². The zero-order valence-corrected chi connectivity index (χ0v) is 15.1. The molecule has 1 aromatic rings. The van der Waals surface area contributed by atoms with Crippen LogP contribution in [0, 0.1) is 12.3 Å². The van der Waals surface area contributed by atoms with E-state index in [1.807, 2.05) is 32.6 Å². The third-order valence-corrected chi connectivity index (χ3v) is 4.85. The summed E-state index contributed by atoms with van der Waals surface area (Å²) >= 11 is 0. The summed E-state index contributed by atoms with van der Waals surface area (Å²) in [7, 11) is 0. The molecule has 3 rings (SSSR count). The van der Waals surface area contributed by atoms with Crippen molar-refractivity contribution in [3.63, 3.8) is 0 Å². The third-order valence-electron chi connectivity index (χ3n) is 4.85. The maximum atomic E-state index is 12.6. The van der Waals surface area contributed by atoms with Gasteiger partial charge in [-0.15, -0.1) is 0 Å². The number of aromatic nitrogens is 2. The topological polar surface area (TPSA) is 67.4 Å². The Morgan fingerprint density at radius 1 is 1.33 bits per heavy atom. The quantitative estimate of drug-likeness (QED) is 0.919. The molecule has 1 spiro atoms. The average Bonchev–Trinajstić information content (AvgIpc) is 3.24. The fraction of sp³-hybridized carbons (Fsp3) is 0.722. The maximum Gasteiger partial charge on any atom is 0.410 e. The highest BCUT2D eigenvalue weighted by Crippen LogP contribution is 2.55. The molecule has 2 fully saturated rings. The molecule has 132 valence electrons. The largest absolute Gasteiger partial charge is 0.444 e. The van der Waals surface area contributed by atoms with Gasteiger partial charge in [-0.05, 0) is 64.4 Å². The van der Waals surface area contributed by atoms with E-state index in [4.69, 9.17) is 4.74 Å². The Balaban J connectivity index is 1.65. The number of carbonyl (C=O) groups excluding carboxylic acids is 1. The van der Waals surface area contributed by atoms with Gasteiger partial charge in [0.15, 0.2) is 0 Å². The van der Waals surface area contributed by atoms with Crippen molar-refractivity contribution in [3.05, 3.63) is 18.0 Å². The van der Waals surface area contributed by atoms with E-state index in [9.17, 15) is 4.79 Å². The number of likely N-dealkylation sites (tertiary alicyclic amines) is 1. The van der Waals surface area contributed by atoms with Crippen LogP contribution in [-0.2, 0) is 4.74 Å². The number of nitrogens with one attached hydrogen (secondary N) is 1. The van der Waals surface area contributed by atoms with Gasteiger partial charge < -0.3 is 15.0 Å². The molecule has 6 heteroatoms. The molecule has 1 saturated carbocycles. The second-order valence-electron chi connectivity index (χ2n) is 8.25. The molecule has 1 aliphatic heterocycles. The molecule has 2 heterocycles. The van der Waals surface area contributed by atoms with Crippen LogP contribution in [0.3, 0.4) is 0 Å². The van der Waals surface area contributed by atoms with Gasteiger partial charge in [-0.25, -0.2) is 14.8 Å². The van der Waals surface area contributed by atoms with Gasteiger partial charge in [0, 0.05) is 25.5 Å². The zero-order valence-electron chi connectivity index (χ0n) is 15.1. The number of anilines is 1. The molecule has 0 radical (unpaired) electrons. The number of hydrogen-bond acceptors (Lipinski definition) is 5. The van der Waals surface area contributed by atoms with Crippen molar-refractivity contribution in [1.82, 2.24) is 14.9 Å². The van der Waals surface area contributed by atoms with Gasteiger partial charge in [0.2, 0.25) is 5.95 Å². The molecule has 1 N–H and O–H groups in total. The molecular weight excluding hydrogens is 304 g/mol. The van der Waals surface area contributed by atoms with E-state index in [1.165, 1.54) is 12.8 Å². The van der Waals surface area contributed by atoms with Crippen LogP contribution in [0.1, 0.15) is 52.0 Å². The fourth-order valence-electron chi connectivity index (χ4n) is 3.32. The minimum atomic E-state index is -0.468. The number of piperidine rings is 1. The van der Waals surface area contributed by atoms with Crippen LogP contribution in [0.25, 0.3) is 0 Å². The first-order chi connectivity index (χ1) is 11.3. The standard InChI is InChI=1S/C18H28N4O2/c1-13-10-19-15(20-11-13)21-12-14-9-18(5-6-18)7-8-22(14)16(23)24-17(2,3)4/h10-11,14H,5-9,12H2,1-4H3,(H,19,20,21)/t14-/m0/s1. The molecule has 1 saturated heterocycles. The first kappa shape index (κ1) is 17.0. The SMILES string of the molecule is Cc1cnc(NC[C@@H]2CC3(CCN2C(=O)OC(C)(C)C)CC3)nc1. The molecular formula is C18H28N4O2. The van der Waals surface area contributed by atoms with Gasteiger partial charge in [-0.2, -0.15) is 0 Å². The van der Waals surface area contributed by atoms with Crippen LogP contribution >= 0.6 is 0 Å². The second kappa shape index (κ2) is 6.22. The van der Waals surface area contributed by atoms with E-state index in [-0.39, 0.29) is 12.1 Å². The van der Waals surface area contributed by atoms with Crippen LogP contribution in [0.4, 0.5) is 10.7 Å². The fourth-order valence-corrected chi connectivity index (χ4v) is 3.32. The van der Waals surface area contributed by atoms with Gasteiger partial charge in [0.05, 0.1) is 6.04 Å². The molecule has 2 aliphatic rings. The Bertz CT molecular complexity index is 590. The van der Waals surface area contributed by atoms with Crippen LogP contribution in [0.15, 0.2) is 12.4 Å². The zero-order chi connectivity index (χ0) is 17.4. The van der Waals surface area contributed by atoms with E-state index < -0.39 is 5.60 Å². The Hall–Kier alpha value is -1.85. The maximum absolute atomic E-state index is 12.6. The lowest BCUT2D eigenvalue weighted by Gasteiger charge is -2.40. The minimum Gasteiger partial charge on any atom is -0.444 e. The number of amides is 1. The lowest BCUT2D eigenvalue weighted by Crippen LogP contribution is -2.51. The molecule has 0 aromatic carbocycles. The summed E-state index contributed by atoms with van der Waals surface area (Å²) in [6.45, 7) is 9.12. The highest BCUT2D eigenvalue weighted by molar-refractivity contribution is 5.69. The molecule has 0 bridgehead atoms. The summed E-state index contributed by atoms with van der Waals surface area (Å²) in [5.74, 6) is 0.611. The van der Waals surface area contributed by atoms with Crippen molar-refractivity contribution in [3.8, 4) is 0 Å². The lowest BCUT2D eigenvalue weighted by atomic mass is 9.88. The summed E-state index contributed by atoms with van der Waals surface area (Å²) in [6.07, 6.45) is 8.07. The van der Waals surface area contributed by atoms with Gasteiger partial charge in [-0.3, -0.25) is 0 Å². The average molecular weight is 332 g/mol. The van der Waals surface area contributed by atoms with E-state index in [0.717, 1.165) is 24.9 Å². The van der Waals surface area contributed by atoms with Crippen LogP contribution < -0.4 is 5.32 Å². The predicted octanol–water partition coefficient (Wildman–Crippen LogP) is 3.38. The Morgan fingerprint density at radius 3 is 2.58 bits per heavy atom. The van der Waals surface area contributed by atoms with Crippen LogP contribution in [0.2, 0.25) is 0 Å². The van der Waals surface area contributed by atoms with Gasteiger partial charge >= 0.3 is 6.09 Å².